The number of hydrogen-bond acceptors (Lipinski definition) is 3. The quantitative estimate of drug-likeness (QED) is 0.807. The van der Waals surface area contributed by atoms with E-state index in [4.69, 9.17) is 5.73 Å². The Balaban J connectivity index is 1.70. The Kier molecular flexibility index (Phi) is 5.85. The summed E-state index contributed by atoms with van der Waals surface area (Å²) in [6, 6.07) is 1.19. The number of carbonyl (C=O) groups excluding carboxylic acids is 1. The van der Waals surface area contributed by atoms with Gasteiger partial charge in [0.25, 0.3) is 0 Å². The Labute approximate surface area is 123 Å². The molecule has 1 unspecified atom stereocenters. The summed E-state index contributed by atoms with van der Waals surface area (Å²) in [6.07, 6.45) is 6.77. The molecule has 116 valence electrons. The second kappa shape index (κ2) is 7.41. The molecule has 1 saturated carbocycles. The Morgan fingerprint density at radius 1 is 1.20 bits per heavy atom. The maximum atomic E-state index is 11.2. The SMILES string of the molecule is CCN1CCC(C(C)NC2CCC(C(N)=O)CC2)CC1. The number of nitrogens with two attached hydrogens (primary N) is 1. The molecule has 1 atom stereocenters. The average molecular weight is 281 g/mol. The molecule has 3 N–H and O–H groups in total. The summed E-state index contributed by atoms with van der Waals surface area (Å²) in [5.74, 6) is 0.825. The molecular formula is C16H31N3O. The molecule has 0 bridgehead atoms. The predicted octanol–water partition coefficient (Wildman–Crippen LogP) is 1.74. The van der Waals surface area contributed by atoms with Crippen molar-refractivity contribution in [3.63, 3.8) is 0 Å². The summed E-state index contributed by atoms with van der Waals surface area (Å²) in [5, 5.41) is 3.81. The molecule has 0 spiro atoms. The molecule has 1 saturated heterocycles. The Hall–Kier alpha value is -0.610. The number of primary amides is 1. The summed E-state index contributed by atoms with van der Waals surface area (Å²) in [7, 11) is 0. The van der Waals surface area contributed by atoms with Crippen LogP contribution in [0.25, 0.3) is 0 Å². The fourth-order valence-electron chi connectivity index (χ4n) is 3.82. The molecule has 1 amide bonds. The van der Waals surface area contributed by atoms with Crippen molar-refractivity contribution in [1.29, 1.82) is 0 Å². The van der Waals surface area contributed by atoms with Gasteiger partial charge in [-0.1, -0.05) is 6.92 Å². The van der Waals surface area contributed by atoms with E-state index >= 15 is 0 Å². The van der Waals surface area contributed by atoms with Crippen LogP contribution in [-0.2, 0) is 4.79 Å². The third-order valence-electron chi connectivity index (χ3n) is 5.41. The molecule has 2 rings (SSSR count). The van der Waals surface area contributed by atoms with Crippen LogP contribution in [0, 0.1) is 11.8 Å². The first-order chi connectivity index (χ1) is 9.60. The van der Waals surface area contributed by atoms with Crippen LogP contribution in [0.2, 0.25) is 0 Å². The van der Waals surface area contributed by atoms with Crippen LogP contribution >= 0.6 is 0 Å². The van der Waals surface area contributed by atoms with E-state index in [1.807, 2.05) is 0 Å². The molecule has 1 heterocycles. The second-order valence-electron chi connectivity index (χ2n) is 6.68. The molecule has 0 aromatic heterocycles. The summed E-state index contributed by atoms with van der Waals surface area (Å²) >= 11 is 0. The van der Waals surface area contributed by atoms with Gasteiger partial charge < -0.3 is 16.0 Å². The van der Waals surface area contributed by atoms with E-state index in [9.17, 15) is 4.79 Å². The molecular weight excluding hydrogens is 250 g/mol. The van der Waals surface area contributed by atoms with Gasteiger partial charge in [-0.3, -0.25) is 4.79 Å². The lowest BCUT2D eigenvalue weighted by atomic mass is 9.84. The first-order valence-corrected chi connectivity index (χ1v) is 8.37. The van der Waals surface area contributed by atoms with Crippen LogP contribution in [0.15, 0.2) is 0 Å². The average Bonchev–Trinajstić information content (AvgIpc) is 2.48. The van der Waals surface area contributed by atoms with Crippen molar-refractivity contribution in [2.24, 2.45) is 17.6 Å². The van der Waals surface area contributed by atoms with Gasteiger partial charge in [-0.25, -0.2) is 0 Å². The zero-order chi connectivity index (χ0) is 14.5. The van der Waals surface area contributed by atoms with E-state index in [0.29, 0.717) is 12.1 Å². The van der Waals surface area contributed by atoms with Gasteiger partial charge in [0.15, 0.2) is 0 Å². The standard InChI is InChI=1S/C16H31N3O/c1-3-19-10-8-13(9-11-19)12(2)18-15-6-4-14(5-7-15)16(17)20/h12-15,18H,3-11H2,1-2H3,(H2,17,20). The smallest absolute Gasteiger partial charge is 0.220 e. The molecule has 1 aliphatic carbocycles. The van der Waals surface area contributed by atoms with Gasteiger partial charge in [-0.05, 0) is 71.0 Å². The minimum absolute atomic E-state index is 0.108. The van der Waals surface area contributed by atoms with E-state index < -0.39 is 0 Å². The highest BCUT2D eigenvalue weighted by Crippen LogP contribution is 2.26. The molecule has 1 aliphatic heterocycles. The first kappa shape index (κ1) is 15.8. The van der Waals surface area contributed by atoms with Crippen LogP contribution < -0.4 is 11.1 Å². The number of rotatable bonds is 5. The topological polar surface area (TPSA) is 58.4 Å². The first-order valence-electron chi connectivity index (χ1n) is 8.37. The van der Waals surface area contributed by atoms with Crippen molar-refractivity contribution in [2.75, 3.05) is 19.6 Å². The highest BCUT2D eigenvalue weighted by molar-refractivity contribution is 5.76. The van der Waals surface area contributed by atoms with E-state index in [1.54, 1.807) is 0 Å². The Bertz CT molecular complexity index is 305. The third-order valence-corrected chi connectivity index (χ3v) is 5.41. The lowest BCUT2D eigenvalue weighted by molar-refractivity contribution is -0.122. The summed E-state index contributed by atoms with van der Waals surface area (Å²) in [4.78, 5) is 13.7. The summed E-state index contributed by atoms with van der Waals surface area (Å²) in [5.41, 5.74) is 5.39. The number of nitrogens with one attached hydrogen (secondary N) is 1. The number of piperidine rings is 1. The molecule has 0 radical (unpaired) electrons. The Morgan fingerprint density at radius 3 is 2.30 bits per heavy atom. The van der Waals surface area contributed by atoms with Gasteiger partial charge in [0.05, 0.1) is 0 Å². The largest absolute Gasteiger partial charge is 0.369 e. The third kappa shape index (κ3) is 4.19. The van der Waals surface area contributed by atoms with Crippen LogP contribution in [0.1, 0.15) is 52.4 Å². The lowest BCUT2D eigenvalue weighted by Crippen LogP contribution is -2.46. The van der Waals surface area contributed by atoms with Crippen molar-refractivity contribution >= 4 is 5.91 Å². The van der Waals surface area contributed by atoms with Crippen LogP contribution in [-0.4, -0.2) is 42.5 Å². The van der Waals surface area contributed by atoms with E-state index in [-0.39, 0.29) is 11.8 Å². The Morgan fingerprint density at radius 2 is 1.80 bits per heavy atom. The molecule has 20 heavy (non-hydrogen) atoms. The fourth-order valence-corrected chi connectivity index (χ4v) is 3.82. The normalized spacial score (nSPS) is 31.1. The fraction of sp³-hybridized carbons (Fsp3) is 0.938. The summed E-state index contributed by atoms with van der Waals surface area (Å²) < 4.78 is 0. The van der Waals surface area contributed by atoms with Gasteiger partial charge in [0.2, 0.25) is 5.91 Å². The van der Waals surface area contributed by atoms with Gasteiger partial charge >= 0.3 is 0 Å². The molecule has 2 aliphatic rings. The zero-order valence-electron chi connectivity index (χ0n) is 13.1. The zero-order valence-corrected chi connectivity index (χ0v) is 13.1. The highest BCUT2D eigenvalue weighted by Gasteiger charge is 2.28. The van der Waals surface area contributed by atoms with Gasteiger partial charge in [0.1, 0.15) is 0 Å². The van der Waals surface area contributed by atoms with Crippen LogP contribution in [0.5, 0.6) is 0 Å². The van der Waals surface area contributed by atoms with Crippen LogP contribution in [0.4, 0.5) is 0 Å². The van der Waals surface area contributed by atoms with E-state index in [0.717, 1.165) is 31.6 Å². The minimum atomic E-state index is -0.108. The monoisotopic (exact) mass is 281 g/mol. The molecule has 4 nitrogen and oxygen atoms in total. The molecule has 4 heteroatoms. The van der Waals surface area contributed by atoms with Crippen molar-refractivity contribution < 1.29 is 4.79 Å². The van der Waals surface area contributed by atoms with Crippen molar-refractivity contribution in [3.05, 3.63) is 0 Å². The van der Waals surface area contributed by atoms with E-state index in [2.05, 4.69) is 24.1 Å². The van der Waals surface area contributed by atoms with Crippen molar-refractivity contribution in [3.8, 4) is 0 Å². The number of hydrogen-bond donors (Lipinski definition) is 2. The predicted molar refractivity (Wildman–Crippen MR) is 82.4 cm³/mol. The second-order valence-corrected chi connectivity index (χ2v) is 6.68. The number of likely N-dealkylation sites (tertiary alicyclic amines) is 1. The van der Waals surface area contributed by atoms with Gasteiger partial charge in [-0.2, -0.15) is 0 Å². The molecule has 2 fully saturated rings. The van der Waals surface area contributed by atoms with E-state index in [1.165, 1.54) is 32.5 Å². The number of amides is 1. The maximum absolute atomic E-state index is 11.2. The minimum Gasteiger partial charge on any atom is -0.369 e. The lowest BCUT2D eigenvalue weighted by Gasteiger charge is -2.37. The maximum Gasteiger partial charge on any atom is 0.220 e. The molecule has 0 aromatic rings. The highest BCUT2D eigenvalue weighted by atomic mass is 16.1. The van der Waals surface area contributed by atoms with Gasteiger partial charge in [-0.15, -0.1) is 0 Å². The summed E-state index contributed by atoms with van der Waals surface area (Å²) in [6.45, 7) is 8.28. The number of nitrogens with zero attached hydrogens (tertiary/aromatic N) is 1. The molecule has 0 aromatic carbocycles. The van der Waals surface area contributed by atoms with Gasteiger partial charge in [0, 0.05) is 18.0 Å². The van der Waals surface area contributed by atoms with Crippen LogP contribution in [0.3, 0.4) is 0 Å². The van der Waals surface area contributed by atoms with Crippen molar-refractivity contribution in [2.45, 2.75) is 64.5 Å². The van der Waals surface area contributed by atoms with Crippen molar-refractivity contribution in [1.82, 2.24) is 10.2 Å². The number of carbonyl (C=O) groups is 1.